The molecule has 1 aromatic carbocycles. The summed E-state index contributed by atoms with van der Waals surface area (Å²) in [5.41, 5.74) is 0.689. The number of carbonyl (C=O) groups is 1. The molecule has 5 heteroatoms. The van der Waals surface area contributed by atoms with Gasteiger partial charge in [0, 0.05) is 18.8 Å². The molecule has 1 aliphatic carbocycles. The van der Waals surface area contributed by atoms with Crippen LogP contribution in [0.4, 0.5) is 4.39 Å². The minimum absolute atomic E-state index is 0.0737. The fourth-order valence-electron chi connectivity index (χ4n) is 3.80. The molecule has 2 rings (SSSR count). The van der Waals surface area contributed by atoms with Gasteiger partial charge in [-0.2, -0.15) is 5.26 Å². The van der Waals surface area contributed by atoms with Crippen molar-refractivity contribution in [1.82, 2.24) is 10.6 Å². The number of amides is 1. The maximum atomic E-state index is 13.6. The quantitative estimate of drug-likeness (QED) is 0.395. The van der Waals surface area contributed by atoms with E-state index in [0.717, 1.165) is 25.7 Å². The summed E-state index contributed by atoms with van der Waals surface area (Å²) in [5.74, 6) is -0.554. The Morgan fingerprint density at radius 3 is 2.21 bits per heavy atom. The molecule has 158 valence electrons. The second kappa shape index (κ2) is 13.8. The predicted molar refractivity (Wildman–Crippen MR) is 115 cm³/mol. The van der Waals surface area contributed by atoms with E-state index in [0.29, 0.717) is 18.5 Å². The molecule has 1 fully saturated rings. The zero-order valence-electron chi connectivity index (χ0n) is 17.4. The van der Waals surface area contributed by atoms with Crippen molar-refractivity contribution in [2.24, 2.45) is 0 Å². The smallest absolute Gasteiger partial charge is 0.263 e. The van der Waals surface area contributed by atoms with Gasteiger partial charge in [0.25, 0.3) is 5.91 Å². The summed E-state index contributed by atoms with van der Waals surface area (Å²) >= 11 is 0. The summed E-state index contributed by atoms with van der Waals surface area (Å²) in [5, 5.41) is 15.4. The fourth-order valence-corrected chi connectivity index (χ4v) is 3.80. The van der Waals surface area contributed by atoms with E-state index < -0.39 is 0 Å². The average Bonchev–Trinajstić information content (AvgIpc) is 2.71. The highest BCUT2D eigenvalue weighted by Gasteiger charge is 2.16. The summed E-state index contributed by atoms with van der Waals surface area (Å²) in [4.78, 5) is 12.5. The second-order valence-corrected chi connectivity index (χ2v) is 7.90. The lowest BCUT2D eigenvalue weighted by atomic mass is 9.98. The van der Waals surface area contributed by atoms with Gasteiger partial charge in [0.1, 0.15) is 17.5 Å². The highest BCUT2D eigenvalue weighted by atomic mass is 19.1. The van der Waals surface area contributed by atoms with Crippen LogP contribution < -0.4 is 10.6 Å². The molecule has 0 aromatic heterocycles. The first kappa shape index (κ1) is 22.9. The van der Waals surface area contributed by atoms with Crippen molar-refractivity contribution in [2.75, 3.05) is 6.54 Å². The van der Waals surface area contributed by atoms with E-state index in [1.807, 2.05) is 6.07 Å². The highest BCUT2D eigenvalue weighted by molar-refractivity contribution is 5.97. The van der Waals surface area contributed by atoms with Gasteiger partial charge in [-0.05, 0) is 30.9 Å². The highest BCUT2D eigenvalue weighted by Crippen LogP contribution is 2.17. The van der Waals surface area contributed by atoms with Crippen LogP contribution in [-0.4, -0.2) is 18.5 Å². The van der Waals surface area contributed by atoms with Crippen LogP contribution in [0.3, 0.4) is 0 Å². The Bertz CT molecular complexity index is 684. The summed E-state index contributed by atoms with van der Waals surface area (Å²) in [6.45, 7) is 0.461. The Morgan fingerprint density at radius 1 is 1.03 bits per heavy atom. The average molecular weight is 400 g/mol. The first-order chi connectivity index (χ1) is 14.2. The van der Waals surface area contributed by atoms with Crippen molar-refractivity contribution in [3.63, 3.8) is 0 Å². The van der Waals surface area contributed by atoms with Crippen molar-refractivity contribution in [3.05, 3.63) is 47.4 Å². The van der Waals surface area contributed by atoms with Crippen LogP contribution in [0.5, 0.6) is 0 Å². The molecule has 0 radical (unpaired) electrons. The first-order valence-electron chi connectivity index (χ1n) is 11.1. The maximum absolute atomic E-state index is 13.6. The van der Waals surface area contributed by atoms with E-state index in [1.54, 1.807) is 18.2 Å². The van der Waals surface area contributed by atoms with E-state index in [-0.39, 0.29) is 23.3 Å². The third-order valence-corrected chi connectivity index (χ3v) is 5.55. The fraction of sp³-hybridized carbons (Fsp3) is 0.583. The number of nitrogens with one attached hydrogen (secondary N) is 2. The third-order valence-electron chi connectivity index (χ3n) is 5.55. The van der Waals surface area contributed by atoms with Crippen molar-refractivity contribution in [3.8, 4) is 6.07 Å². The van der Waals surface area contributed by atoms with Gasteiger partial charge in [-0.1, -0.05) is 76.0 Å². The number of rotatable bonds is 6. The third kappa shape index (κ3) is 9.13. The van der Waals surface area contributed by atoms with Crippen molar-refractivity contribution >= 4 is 5.91 Å². The molecule has 1 amide bonds. The lowest BCUT2D eigenvalue weighted by Gasteiger charge is -2.19. The maximum Gasteiger partial charge on any atom is 0.263 e. The molecule has 1 saturated carbocycles. The summed E-state index contributed by atoms with van der Waals surface area (Å²) in [6, 6.07) is 8.75. The van der Waals surface area contributed by atoms with Gasteiger partial charge < -0.3 is 10.6 Å². The molecule has 0 bridgehead atoms. The van der Waals surface area contributed by atoms with Gasteiger partial charge in [0.2, 0.25) is 0 Å². The number of halogens is 1. The number of hydrogen-bond acceptors (Lipinski definition) is 3. The topological polar surface area (TPSA) is 64.9 Å². The number of nitrogens with zero attached hydrogens (tertiary/aromatic N) is 1. The Balaban J connectivity index is 1.81. The number of hydrogen-bond donors (Lipinski definition) is 2. The van der Waals surface area contributed by atoms with Gasteiger partial charge >= 0.3 is 0 Å². The van der Waals surface area contributed by atoms with E-state index in [1.165, 1.54) is 57.2 Å². The molecule has 2 N–H and O–H groups in total. The zero-order chi connectivity index (χ0) is 20.7. The minimum atomic E-state index is -0.317. The van der Waals surface area contributed by atoms with Crippen molar-refractivity contribution in [2.45, 2.75) is 83.1 Å². The normalized spacial score (nSPS) is 17.4. The van der Waals surface area contributed by atoms with Gasteiger partial charge in [0.15, 0.2) is 0 Å². The molecule has 4 nitrogen and oxygen atoms in total. The monoisotopic (exact) mass is 399 g/mol. The zero-order valence-corrected chi connectivity index (χ0v) is 17.4. The first-order valence-corrected chi connectivity index (χ1v) is 11.1. The molecule has 0 saturated heterocycles. The van der Waals surface area contributed by atoms with Crippen LogP contribution in [0.2, 0.25) is 0 Å². The van der Waals surface area contributed by atoms with Crippen molar-refractivity contribution in [1.29, 1.82) is 5.26 Å². The molecule has 0 atom stereocenters. The van der Waals surface area contributed by atoms with Gasteiger partial charge in [0.05, 0.1) is 0 Å². The van der Waals surface area contributed by atoms with E-state index in [2.05, 4.69) is 10.6 Å². The van der Waals surface area contributed by atoms with Gasteiger partial charge in [-0.3, -0.25) is 4.79 Å². The largest absolute Gasteiger partial charge is 0.389 e. The summed E-state index contributed by atoms with van der Waals surface area (Å²) in [7, 11) is 0. The van der Waals surface area contributed by atoms with E-state index in [4.69, 9.17) is 0 Å². The Kier molecular flexibility index (Phi) is 10.9. The summed E-state index contributed by atoms with van der Waals surface area (Å²) in [6.07, 6.45) is 15.1. The molecule has 1 aliphatic rings. The molecular weight excluding hydrogens is 365 g/mol. The van der Waals surface area contributed by atoms with Crippen molar-refractivity contribution < 1.29 is 9.18 Å². The molecule has 1 aromatic rings. The SMILES string of the molecule is N#C/C(=C/NCCc1ccccc1F)C(=O)NC1CCCCCCCCCCC1. The second-order valence-electron chi connectivity index (χ2n) is 7.90. The number of carbonyl (C=O) groups excluding carboxylic acids is 1. The molecular formula is C24H34FN3O. The number of benzene rings is 1. The van der Waals surface area contributed by atoms with Crippen LogP contribution in [0.15, 0.2) is 36.0 Å². The Hall–Kier alpha value is -2.35. The molecule has 0 aliphatic heterocycles. The van der Waals surface area contributed by atoms with Gasteiger partial charge in [-0.15, -0.1) is 0 Å². The molecule has 0 unspecified atom stereocenters. The summed E-state index contributed by atoms with van der Waals surface area (Å²) < 4.78 is 13.6. The number of nitriles is 1. The predicted octanol–water partition coefficient (Wildman–Crippen LogP) is 5.15. The Labute approximate surface area is 174 Å². The van der Waals surface area contributed by atoms with Crippen LogP contribution in [0.25, 0.3) is 0 Å². The Morgan fingerprint density at radius 2 is 1.62 bits per heavy atom. The van der Waals surface area contributed by atoms with Gasteiger partial charge in [-0.25, -0.2) is 4.39 Å². The van der Waals surface area contributed by atoms with E-state index in [9.17, 15) is 14.4 Å². The lowest BCUT2D eigenvalue weighted by molar-refractivity contribution is -0.117. The molecule has 0 spiro atoms. The standard InChI is InChI=1S/C24H34FN3O/c25-23-15-11-10-12-20(23)16-17-27-19-21(18-26)24(29)28-22-13-8-6-4-2-1-3-5-7-9-14-22/h10-12,15,19,22,27H,1-9,13-14,16-17H2,(H,28,29)/b21-19-. The molecule has 29 heavy (non-hydrogen) atoms. The molecule has 0 heterocycles. The van der Waals surface area contributed by atoms with Crippen LogP contribution in [0, 0.1) is 17.1 Å². The van der Waals surface area contributed by atoms with Crippen LogP contribution in [0.1, 0.15) is 76.2 Å². The van der Waals surface area contributed by atoms with Crippen LogP contribution >= 0.6 is 0 Å². The lowest BCUT2D eigenvalue weighted by Crippen LogP contribution is -2.36. The van der Waals surface area contributed by atoms with Crippen LogP contribution in [-0.2, 0) is 11.2 Å². The minimum Gasteiger partial charge on any atom is -0.389 e. The van der Waals surface area contributed by atoms with E-state index >= 15 is 0 Å².